The van der Waals surface area contributed by atoms with E-state index in [1.807, 2.05) is 11.8 Å². The molecule has 3 N–H and O–H groups in total. The summed E-state index contributed by atoms with van der Waals surface area (Å²) in [5.74, 6) is 1.71. The van der Waals surface area contributed by atoms with Crippen LogP contribution >= 0.6 is 11.8 Å². The monoisotopic (exact) mass is 231 g/mol. The number of H-pyrrole nitrogens is 1. The summed E-state index contributed by atoms with van der Waals surface area (Å²) in [5.41, 5.74) is 9.20. The third-order valence-electron chi connectivity index (χ3n) is 2.81. The number of imidazole rings is 1. The number of hydrogen-bond acceptors (Lipinski definition) is 3. The Bertz CT molecular complexity index is 519. The van der Waals surface area contributed by atoms with Gasteiger partial charge in [-0.3, -0.25) is 0 Å². The standard InChI is InChI=1S/C12H13N3S/c13-12-14-7-10(15-12)8-3-4-11-9(6-8)2-1-5-16-11/h3-4,6-7H,1-2,5H2,(H3,13,14,15). The Balaban J connectivity index is 2.02. The van der Waals surface area contributed by atoms with Gasteiger partial charge in [0.1, 0.15) is 0 Å². The molecular weight excluding hydrogens is 218 g/mol. The lowest BCUT2D eigenvalue weighted by Crippen LogP contribution is -1.98. The first kappa shape index (κ1) is 9.78. The number of rotatable bonds is 1. The summed E-state index contributed by atoms with van der Waals surface area (Å²) in [5, 5.41) is 0. The first-order chi connectivity index (χ1) is 7.83. The minimum atomic E-state index is 0.474. The lowest BCUT2D eigenvalue weighted by Gasteiger charge is -2.15. The van der Waals surface area contributed by atoms with Gasteiger partial charge in [0.25, 0.3) is 0 Å². The highest BCUT2D eigenvalue weighted by Crippen LogP contribution is 2.32. The number of aromatic amines is 1. The fraction of sp³-hybridized carbons (Fsp3) is 0.250. The van der Waals surface area contributed by atoms with E-state index in [1.165, 1.54) is 34.6 Å². The maximum Gasteiger partial charge on any atom is 0.197 e. The van der Waals surface area contributed by atoms with Crippen molar-refractivity contribution in [1.82, 2.24) is 9.97 Å². The second-order valence-corrected chi connectivity index (χ2v) is 5.09. The number of nitrogens with one attached hydrogen (secondary N) is 1. The van der Waals surface area contributed by atoms with E-state index in [0.717, 1.165) is 5.69 Å². The maximum absolute atomic E-state index is 5.58. The van der Waals surface area contributed by atoms with Crippen molar-refractivity contribution < 1.29 is 0 Å². The van der Waals surface area contributed by atoms with Crippen LogP contribution in [-0.2, 0) is 6.42 Å². The quantitative estimate of drug-likeness (QED) is 0.793. The van der Waals surface area contributed by atoms with Gasteiger partial charge in [0.2, 0.25) is 0 Å². The summed E-state index contributed by atoms with van der Waals surface area (Å²) in [6.07, 6.45) is 4.24. The van der Waals surface area contributed by atoms with E-state index in [0.29, 0.717) is 5.95 Å². The van der Waals surface area contributed by atoms with Gasteiger partial charge in [-0.25, -0.2) is 4.98 Å². The number of thioether (sulfide) groups is 1. The average molecular weight is 231 g/mol. The second-order valence-electron chi connectivity index (χ2n) is 3.96. The predicted molar refractivity (Wildman–Crippen MR) is 67.5 cm³/mol. The van der Waals surface area contributed by atoms with Crippen molar-refractivity contribution >= 4 is 17.7 Å². The van der Waals surface area contributed by atoms with Crippen LogP contribution in [0.25, 0.3) is 11.3 Å². The Morgan fingerprint density at radius 3 is 3.12 bits per heavy atom. The van der Waals surface area contributed by atoms with Crippen LogP contribution in [0.4, 0.5) is 5.95 Å². The van der Waals surface area contributed by atoms with Gasteiger partial charge in [0, 0.05) is 4.90 Å². The Morgan fingerprint density at radius 1 is 1.38 bits per heavy atom. The molecule has 0 aliphatic carbocycles. The van der Waals surface area contributed by atoms with Gasteiger partial charge < -0.3 is 10.7 Å². The zero-order chi connectivity index (χ0) is 11.0. The molecule has 1 aliphatic heterocycles. The molecule has 0 spiro atoms. The van der Waals surface area contributed by atoms with E-state index in [2.05, 4.69) is 28.2 Å². The third-order valence-corrected chi connectivity index (χ3v) is 4.02. The van der Waals surface area contributed by atoms with Gasteiger partial charge in [-0.15, -0.1) is 11.8 Å². The van der Waals surface area contributed by atoms with E-state index in [-0.39, 0.29) is 0 Å². The summed E-state index contributed by atoms with van der Waals surface area (Å²) >= 11 is 1.95. The van der Waals surface area contributed by atoms with E-state index in [4.69, 9.17) is 5.73 Å². The Morgan fingerprint density at radius 2 is 2.31 bits per heavy atom. The molecule has 3 rings (SSSR count). The lowest BCUT2D eigenvalue weighted by molar-refractivity contribution is 0.890. The van der Waals surface area contributed by atoms with Crippen molar-refractivity contribution in [2.45, 2.75) is 17.7 Å². The largest absolute Gasteiger partial charge is 0.369 e. The molecule has 0 atom stereocenters. The molecule has 0 unspecified atom stereocenters. The van der Waals surface area contributed by atoms with Crippen LogP contribution in [0.2, 0.25) is 0 Å². The number of nitrogen functional groups attached to an aromatic ring is 1. The van der Waals surface area contributed by atoms with E-state index in [1.54, 1.807) is 6.20 Å². The molecule has 82 valence electrons. The number of hydrogen-bond donors (Lipinski definition) is 2. The number of aromatic nitrogens is 2. The number of aryl methyl sites for hydroxylation is 1. The molecule has 0 fully saturated rings. The van der Waals surface area contributed by atoms with E-state index < -0.39 is 0 Å². The van der Waals surface area contributed by atoms with Gasteiger partial charge in [-0.05, 0) is 41.9 Å². The van der Waals surface area contributed by atoms with Crippen LogP contribution in [-0.4, -0.2) is 15.7 Å². The highest BCUT2D eigenvalue weighted by Gasteiger charge is 2.11. The first-order valence-electron chi connectivity index (χ1n) is 5.39. The van der Waals surface area contributed by atoms with Crippen LogP contribution in [0, 0.1) is 0 Å². The highest BCUT2D eigenvalue weighted by atomic mass is 32.2. The SMILES string of the molecule is Nc1ncc(-c2ccc3c(c2)CCCS3)[nH]1. The van der Waals surface area contributed by atoms with Gasteiger partial charge in [0.15, 0.2) is 5.95 Å². The summed E-state index contributed by atoms with van der Waals surface area (Å²) in [4.78, 5) is 8.50. The Kier molecular flexibility index (Phi) is 2.36. The average Bonchev–Trinajstić information content (AvgIpc) is 2.75. The van der Waals surface area contributed by atoms with Crippen LogP contribution in [0.3, 0.4) is 0 Å². The van der Waals surface area contributed by atoms with Crippen LogP contribution in [0.5, 0.6) is 0 Å². The molecule has 1 aliphatic rings. The fourth-order valence-corrected chi connectivity index (χ4v) is 3.03. The van der Waals surface area contributed by atoms with Crippen molar-refractivity contribution in [1.29, 1.82) is 0 Å². The first-order valence-corrected chi connectivity index (χ1v) is 6.38. The Hall–Kier alpha value is -1.42. The molecule has 2 heterocycles. The molecule has 0 saturated carbocycles. The summed E-state index contributed by atoms with van der Waals surface area (Å²) in [6.45, 7) is 0. The van der Waals surface area contributed by atoms with Crippen molar-refractivity contribution in [2.24, 2.45) is 0 Å². The molecule has 0 amide bonds. The lowest BCUT2D eigenvalue weighted by atomic mass is 10.0. The molecule has 0 bridgehead atoms. The minimum absolute atomic E-state index is 0.474. The van der Waals surface area contributed by atoms with Crippen molar-refractivity contribution in [3.63, 3.8) is 0 Å². The van der Waals surface area contributed by atoms with E-state index in [9.17, 15) is 0 Å². The van der Waals surface area contributed by atoms with Crippen molar-refractivity contribution in [2.75, 3.05) is 11.5 Å². The molecule has 4 heteroatoms. The minimum Gasteiger partial charge on any atom is -0.369 e. The molecule has 0 saturated heterocycles. The molecular formula is C12H13N3S. The normalized spacial score (nSPS) is 14.8. The summed E-state index contributed by atoms with van der Waals surface area (Å²) < 4.78 is 0. The van der Waals surface area contributed by atoms with Gasteiger partial charge in [-0.2, -0.15) is 0 Å². The number of benzene rings is 1. The number of nitrogens with zero attached hydrogens (tertiary/aromatic N) is 1. The molecule has 3 nitrogen and oxygen atoms in total. The summed E-state index contributed by atoms with van der Waals surface area (Å²) in [6, 6.07) is 6.57. The molecule has 1 aromatic carbocycles. The molecule has 0 radical (unpaired) electrons. The third kappa shape index (κ3) is 1.69. The number of nitrogens with two attached hydrogens (primary N) is 1. The molecule has 16 heavy (non-hydrogen) atoms. The maximum atomic E-state index is 5.58. The second kappa shape index (κ2) is 3.87. The van der Waals surface area contributed by atoms with Gasteiger partial charge >= 0.3 is 0 Å². The predicted octanol–water partition coefficient (Wildman–Crippen LogP) is 2.70. The van der Waals surface area contributed by atoms with Crippen LogP contribution < -0.4 is 5.73 Å². The summed E-state index contributed by atoms with van der Waals surface area (Å²) in [7, 11) is 0. The molecule has 1 aromatic heterocycles. The van der Waals surface area contributed by atoms with E-state index >= 15 is 0 Å². The molecule has 2 aromatic rings. The fourth-order valence-electron chi connectivity index (χ4n) is 2.01. The van der Waals surface area contributed by atoms with Gasteiger partial charge in [0.05, 0.1) is 11.9 Å². The smallest absolute Gasteiger partial charge is 0.197 e. The Labute approximate surface area is 98.5 Å². The van der Waals surface area contributed by atoms with Gasteiger partial charge in [-0.1, -0.05) is 6.07 Å². The van der Waals surface area contributed by atoms with Crippen LogP contribution in [0.1, 0.15) is 12.0 Å². The highest BCUT2D eigenvalue weighted by molar-refractivity contribution is 7.99. The van der Waals surface area contributed by atoms with Crippen LogP contribution in [0.15, 0.2) is 29.3 Å². The number of anilines is 1. The van der Waals surface area contributed by atoms with Crippen molar-refractivity contribution in [3.8, 4) is 11.3 Å². The topological polar surface area (TPSA) is 54.7 Å². The zero-order valence-electron chi connectivity index (χ0n) is 8.86. The van der Waals surface area contributed by atoms with Crippen molar-refractivity contribution in [3.05, 3.63) is 30.0 Å². The zero-order valence-corrected chi connectivity index (χ0v) is 9.68. The number of fused-ring (bicyclic) bond motifs is 1.